The van der Waals surface area contributed by atoms with Gasteiger partial charge in [0, 0.05) is 0 Å². The van der Waals surface area contributed by atoms with Gasteiger partial charge in [-0.15, -0.1) is 0 Å². The fourth-order valence-electron chi connectivity index (χ4n) is 3.50. The van der Waals surface area contributed by atoms with Crippen molar-refractivity contribution >= 4 is 23.4 Å². The number of hydrogen-bond donors (Lipinski definition) is 0. The molecule has 0 saturated heterocycles. The second kappa shape index (κ2) is 8.31. The van der Waals surface area contributed by atoms with Crippen LogP contribution in [0.5, 0.6) is 5.75 Å². The van der Waals surface area contributed by atoms with E-state index in [9.17, 15) is 14.0 Å². The first kappa shape index (κ1) is 20.7. The van der Waals surface area contributed by atoms with Crippen molar-refractivity contribution in [2.24, 2.45) is 4.99 Å². The lowest BCUT2D eigenvalue weighted by molar-refractivity contribution is -0.136. The van der Waals surface area contributed by atoms with Crippen molar-refractivity contribution in [3.8, 4) is 5.75 Å². The molecule has 0 saturated carbocycles. The van der Waals surface area contributed by atoms with E-state index in [4.69, 9.17) is 9.47 Å². The van der Waals surface area contributed by atoms with E-state index < -0.39 is 12.0 Å². The van der Waals surface area contributed by atoms with E-state index in [2.05, 4.69) is 4.99 Å². The van der Waals surface area contributed by atoms with Gasteiger partial charge in [-0.2, -0.15) is 0 Å². The van der Waals surface area contributed by atoms with Gasteiger partial charge >= 0.3 is 5.97 Å². The lowest BCUT2D eigenvalue weighted by Gasteiger charge is -2.24. The summed E-state index contributed by atoms with van der Waals surface area (Å²) in [7, 11) is 2.87. The molecular weight excluding hydrogens is 419 g/mol. The number of nitrogens with zero attached hydrogens (tertiary/aromatic N) is 2. The van der Waals surface area contributed by atoms with E-state index in [-0.39, 0.29) is 11.4 Å². The monoisotopic (exact) mass is 438 g/mol. The van der Waals surface area contributed by atoms with E-state index in [1.54, 1.807) is 44.4 Å². The van der Waals surface area contributed by atoms with Gasteiger partial charge in [-0.05, 0) is 48.4 Å². The molecule has 4 rings (SSSR count). The minimum absolute atomic E-state index is 0.289. The van der Waals surface area contributed by atoms with Crippen molar-refractivity contribution in [1.29, 1.82) is 0 Å². The van der Waals surface area contributed by atoms with Crippen molar-refractivity contribution in [2.45, 2.75) is 13.0 Å². The number of hydrogen-bond acceptors (Lipinski definition) is 6. The Bertz CT molecular complexity index is 1350. The number of methoxy groups -OCH3 is 2. The molecule has 1 atom stereocenters. The Morgan fingerprint density at radius 2 is 1.81 bits per heavy atom. The van der Waals surface area contributed by atoms with Crippen molar-refractivity contribution in [1.82, 2.24) is 4.57 Å². The maximum Gasteiger partial charge on any atom is 0.338 e. The summed E-state index contributed by atoms with van der Waals surface area (Å²) in [5, 5.41) is 0. The zero-order valence-electron chi connectivity index (χ0n) is 17.1. The molecule has 0 aliphatic carbocycles. The third-order valence-electron chi connectivity index (χ3n) is 5.03. The molecule has 3 aromatic rings. The third-order valence-corrected chi connectivity index (χ3v) is 6.01. The summed E-state index contributed by atoms with van der Waals surface area (Å²) in [5.74, 6) is -0.237. The average Bonchev–Trinajstić information content (AvgIpc) is 3.08. The number of fused-ring (bicyclic) bond motifs is 1. The van der Waals surface area contributed by atoms with Gasteiger partial charge in [0.05, 0.1) is 36.1 Å². The first-order valence-electron chi connectivity index (χ1n) is 9.43. The predicted molar refractivity (Wildman–Crippen MR) is 115 cm³/mol. The van der Waals surface area contributed by atoms with Crippen LogP contribution in [0.3, 0.4) is 0 Å². The Hall–Kier alpha value is -3.52. The highest BCUT2D eigenvalue weighted by Crippen LogP contribution is 2.31. The Morgan fingerprint density at radius 1 is 1.13 bits per heavy atom. The summed E-state index contributed by atoms with van der Waals surface area (Å²) >= 11 is 1.22. The van der Waals surface area contributed by atoms with Gasteiger partial charge in [-0.25, -0.2) is 14.2 Å². The molecule has 0 N–H and O–H groups in total. The van der Waals surface area contributed by atoms with Crippen LogP contribution in [-0.4, -0.2) is 24.8 Å². The Morgan fingerprint density at radius 3 is 2.42 bits per heavy atom. The first-order chi connectivity index (χ1) is 14.9. The smallest absolute Gasteiger partial charge is 0.338 e. The van der Waals surface area contributed by atoms with Gasteiger partial charge in [0.25, 0.3) is 5.56 Å². The Balaban J connectivity index is 1.94. The standard InChI is InChI=1S/C23H19FN2O4S/c1-13-19(22(28)30-3)20(15-6-10-17(29-2)11-7-15)26-21(27)18(31-23(26)25-13)12-14-4-8-16(24)9-5-14/h4-12,20H,1-3H3/b18-12-/t20-/m1/s1. The molecule has 1 aliphatic rings. The van der Waals surface area contributed by atoms with Crippen LogP contribution in [0.2, 0.25) is 0 Å². The average molecular weight is 438 g/mol. The number of esters is 1. The number of carbonyl (C=O) groups excluding carboxylic acids is 1. The summed E-state index contributed by atoms with van der Waals surface area (Å²) in [6.07, 6.45) is 1.69. The fraction of sp³-hybridized carbons (Fsp3) is 0.174. The highest BCUT2D eigenvalue weighted by atomic mass is 32.1. The van der Waals surface area contributed by atoms with Gasteiger partial charge in [-0.3, -0.25) is 9.36 Å². The summed E-state index contributed by atoms with van der Waals surface area (Å²) in [5.41, 5.74) is 1.92. The minimum Gasteiger partial charge on any atom is -0.497 e. The molecule has 0 unspecified atom stereocenters. The lowest BCUT2D eigenvalue weighted by Crippen LogP contribution is -2.39. The van der Waals surface area contributed by atoms with Crippen LogP contribution in [0.4, 0.5) is 4.39 Å². The molecule has 0 spiro atoms. The van der Waals surface area contributed by atoms with E-state index in [0.717, 1.165) is 5.56 Å². The largest absolute Gasteiger partial charge is 0.497 e. The third kappa shape index (κ3) is 3.82. The quantitative estimate of drug-likeness (QED) is 0.587. The molecule has 6 nitrogen and oxygen atoms in total. The van der Waals surface area contributed by atoms with Crippen molar-refractivity contribution in [3.63, 3.8) is 0 Å². The van der Waals surface area contributed by atoms with Crippen molar-refractivity contribution in [2.75, 3.05) is 14.2 Å². The molecular formula is C23H19FN2O4S. The minimum atomic E-state index is -0.690. The number of rotatable bonds is 4. The molecule has 31 heavy (non-hydrogen) atoms. The van der Waals surface area contributed by atoms with Crippen LogP contribution in [0.1, 0.15) is 24.1 Å². The molecule has 0 fully saturated rings. The maximum absolute atomic E-state index is 13.4. The summed E-state index contributed by atoms with van der Waals surface area (Å²) in [4.78, 5) is 31.0. The molecule has 0 amide bonds. The van der Waals surface area contributed by atoms with E-state index in [1.165, 1.54) is 35.1 Å². The number of ether oxygens (including phenoxy) is 2. The first-order valence-corrected chi connectivity index (χ1v) is 10.2. The molecule has 8 heteroatoms. The highest BCUT2D eigenvalue weighted by molar-refractivity contribution is 7.07. The topological polar surface area (TPSA) is 69.9 Å². The normalized spacial score (nSPS) is 16.0. The molecule has 1 aliphatic heterocycles. The SMILES string of the molecule is COC(=O)C1=C(C)N=c2s/c(=C\c3ccc(F)cc3)c(=O)n2[C@@H]1c1ccc(OC)cc1. The molecule has 158 valence electrons. The maximum atomic E-state index is 13.4. The van der Waals surface area contributed by atoms with Gasteiger partial charge in [-0.1, -0.05) is 35.6 Å². The van der Waals surface area contributed by atoms with Crippen LogP contribution in [0, 0.1) is 5.82 Å². The molecule has 1 aromatic heterocycles. The molecule has 2 aromatic carbocycles. The van der Waals surface area contributed by atoms with Gasteiger partial charge in [0.2, 0.25) is 0 Å². The lowest BCUT2D eigenvalue weighted by atomic mass is 9.96. The highest BCUT2D eigenvalue weighted by Gasteiger charge is 2.33. The number of aromatic nitrogens is 1. The summed E-state index contributed by atoms with van der Waals surface area (Å²) in [6.45, 7) is 1.72. The van der Waals surface area contributed by atoms with Gasteiger partial charge in [0.1, 0.15) is 11.6 Å². The van der Waals surface area contributed by atoms with E-state index in [1.807, 2.05) is 12.1 Å². The van der Waals surface area contributed by atoms with Gasteiger partial charge in [0.15, 0.2) is 4.80 Å². The molecule has 2 heterocycles. The second-order valence-corrected chi connectivity index (χ2v) is 7.91. The van der Waals surface area contributed by atoms with E-state index >= 15 is 0 Å². The van der Waals surface area contributed by atoms with Crippen LogP contribution >= 0.6 is 11.3 Å². The Kier molecular flexibility index (Phi) is 5.56. The molecule has 0 radical (unpaired) electrons. The molecule has 0 bridgehead atoms. The predicted octanol–water partition coefficient (Wildman–Crippen LogP) is 2.56. The summed E-state index contributed by atoms with van der Waals surface area (Å²) in [6, 6.07) is 12.3. The second-order valence-electron chi connectivity index (χ2n) is 6.90. The van der Waals surface area contributed by atoms with E-state index in [0.29, 0.717) is 31.9 Å². The fourth-order valence-corrected chi connectivity index (χ4v) is 4.55. The van der Waals surface area contributed by atoms with Crippen LogP contribution in [0.25, 0.3) is 6.08 Å². The number of halogens is 1. The van der Waals surface area contributed by atoms with Crippen molar-refractivity contribution < 1.29 is 18.7 Å². The van der Waals surface area contributed by atoms with Crippen LogP contribution in [-0.2, 0) is 9.53 Å². The number of thiazole rings is 1. The Labute approximate surface area is 181 Å². The van der Waals surface area contributed by atoms with Crippen LogP contribution < -0.4 is 19.6 Å². The zero-order chi connectivity index (χ0) is 22.1. The number of carbonyl (C=O) groups is 1. The number of allylic oxidation sites excluding steroid dienone is 1. The zero-order valence-corrected chi connectivity index (χ0v) is 17.9. The number of benzene rings is 2. The van der Waals surface area contributed by atoms with Gasteiger partial charge < -0.3 is 9.47 Å². The van der Waals surface area contributed by atoms with Crippen molar-refractivity contribution in [3.05, 3.63) is 96.4 Å². The summed E-state index contributed by atoms with van der Waals surface area (Å²) < 4.78 is 25.4. The van der Waals surface area contributed by atoms with Crippen LogP contribution in [0.15, 0.2) is 69.6 Å².